The first-order valence-corrected chi connectivity index (χ1v) is 5.68. The zero-order chi connectivity index (χ0) is 15.0. The molecule has 0 aromatic carbocycles. The smallest absolute Gasteiger partial charge is 0.404 e. The molecule has 10 nitrogen and oxygen atoms in total. The van der Waals surface area contributed by atoms with E-state index in [2.05, 4.69) is 20.4 Å². The Kier molecular flexibility index (Phi) is 5.81. The lowest BCUT2D eigenvalue weighted by Gasteiger charge is -2.07. The number of carboxylic acid groups (broad SMARTS) is 1. The Balaban J connectivity index is 2.15. The zero-order valence-corrected chi connectivity index (χ0v) is 10.5. The Labute approximate surface area is 113 Å². The summed E-state index contributed by atoms with van der Waals surface area (Å²) in [6.45, 7) is 0.804. The molecule has 0 saturated heterocycles. The third kappa shape index (κ3) is 5.71. The van der Waals surface area contributed by atoms with Gasteiger partial charge in [-0.1, -0.05) is 0 Å². The minimum atomic E-state index is -1.11. The van der Waals surface area contributed by atoms with Crippen LogP contribution in [0.4, 0.5) is 9.59 Å². The van der Waals surface area contributed by atoms with Gasteiger partial charge >= 0.3 is 18.1 Å². The number of primary amides is 1. The van der Waals surface area contributed by atoms with Crippen molar-refractivity contribution in [3.63, 3.8) is 0 Å². The normalized spacial score (nSPS) is 9.80. The number of imidazole rings is 1. The highest BCUT2D eigenvalue weighted by atomic mass is 16.5. The van der Waals surface area contributed by atoms with Crippen LogP contribution in [0.2, 0.25) is 0 Å². The van der Waals surface area contributed by atoms with Gasteiger partial charge in [-0.25, -0.2) is 19.4 Å². The van der Waals surface area contributed by atoms with Crippen molar-refractivity contribution in [1.82, 2.24) is 20.2 Å². The third-order valence-corrected chi connectivity index (χ3v) is 2.14. The molecule has 1 aromatic heterocycles. The molecule has 0 saturated carbocycles. The minimum Gasteiger partial charge on any atom is -0.476 e. The number of hydrogen-bond donors (Lipinski definition) is 4. The predicted molar refractivity (Wildman–Crippen MR) is 66.1 cm³/mol. The van der Waals surface area contributed by atoms with Crippen LogP contribution in [0.15, 0.2) is 12.5 Å². The van der Waals surface area contributed by atoms with E-state index in [1.165, 1.54) is 12.5 Å². The molecule has 0 bridgehead atoms. The van der Waals surface area contributed by atoms with Crippen molar-refractivity contribution in [2.45, 2.75) is 6.54 Å². The average molecular weight is 285 g/mol. The summed E-state index contributed by atoms with van der Waals surface area (Å²) in [5, 5.41) is 13.7. The van der Waals surface area contributed by atoms with E-state index < -0.39 is 18.1 Å². The summed E-state index contributed by atoms with van der Waals surface area (Å²) in [5.41, 5.74) is 4.68. The predicted octanol–water partition coefficient (Wildman–Crippen LogP) is -1.02. The Hall–Kier alpha value is -2.78. The van der Waals surface area contributed by atoms with Crippen molar-refractivity contribution < 1.29 is 24.2 Å². The van der Waals surface area contributed by atoms with Crippen LogP contribution in [-0.2, 0) is 11.3 Å². The number of aromatic carboxylic acids is 1. The second-order valence-corrected chi connectivity index (χ2v) is 3.65. The molecule has 0 spiro atoms. The van der Waals surface area contributed by atoms with Gasteiger partial charge in [0, 0.05) is 19.3 Å². The maximum atomic E-state index is 11.3. The number of nitrogens with one attached hydrogen (secondary N) is 2. The van der Waals surface area contributed by atoms with Gasteiger partial charge in [0.2, 0.25) is 0 Å². The van der Waals surface area contributed by atoms with E-state index in [1.807, 2.05) is 0 Å². The third-order valence-electron chi connectivity index (χ3n) is 2.14. The van der Waals surface area contributed by atoms with Gasteiger partial charge < -0.3 is 30.8 Å². The molecule has 1 heterocycles. The number of ether oxygens (including phenoxy) is 1. The standard InChI is InChI=1S/C10H15N5O5/c11-9(18)20-4-2-13-10(19)12-1-3-15-5-7(8(16)17)14-6-15/h5-6H,1-4H2,(H2,11,18)(H,16,17)(H2,12,13,19). The van der Waals surface area contributed by atoms with Crippen LogP contribution in [0.5, 0.6) is 0 Å². The molecule has 1 rings (SSSR count). The number of rotatable bonds is 7. The zero-order valence-electron chi connectivity index (χ0n) is 10.5. The highest BCUT2D eigenvalue weighted by Gasteiger charge is 2.06. The highest BCUT2D eigenvalue weighted by Crippen LogP contribution is 1.95. The molecule has 0 radical (unpaired) electrons. The van der Waals surface area contributed by atoms with Crippen molar-refractivity contribution in [1.29, 1.82) is 0 Å². The molecule has 5 N–H and O–H groups in total. The molecule has 0 atom stereocenters. The van der Waals surface area contributed by atoms with Gasteiger partial charge in [-0.15, -0.1) is 0 Å². The van der Waals surface area contributed by atoms with Gasteiger partial charge in [0.15, 0.2) is 5.69 Å². The van der Waals surface area contributed by atoms with E-state index in [0.29, 0.717) is 6.54 Å². The number of carbonyl (C=O) groups excluding carboxylic acids is 2. The minimum absolute atomic E-state index is 0.00769. The van der Waals surface area contributed by atoms with E-state index in [9.17, 15) is 14.4 Å². The van der Waals surface area contributed by atoms with Crippen molar-refractivity contribution in [2.75, 3.05) is 19.7 Å². The molecule has 10 heteroatoms. The molecule has 0 aliphatic carbocycles. The van der Waals surface area contributed by atoms with Gasteiger partial charge in [-0.05, 0) is 0 Å². The lowest BCUT2D eigenvalue weighted by Crippen LogP contribution is -2.39. The SMILES string of the molecule is NC(=O)OCCNC(=O)NCCn1cnc(C(=O)O)c1. The van der Waals surface area contributed by atoms with Gasteiger partial charge in [0.1, 0.15) is 6.61 Å². The van der Waals surface area contributed by atoms with Crippen LogP contribution in [0.25, 0.3) is 0 Å². The van der Waals surface area contributed by atoms with Crippen LogP contribution in [0.1, 0.15) is 10.5 Å². The highest BCUT2D eigenvalue weighted by molar-refractivity contribution is 5.84. The summed E-state index contributed by atoms with van der Waals surface area (Å²) in [6, 6.07) is -0.434. The summed E-state index contributed by atoms with van der Waals surface area (Å²) >= 11 is 0. The van der Waals surface area contributed by atoms with E-state index in [1.54, 1.807) is 4.57 Å². The lowest BCUT2D eigenvalue weighted by molar-refractivity contribution is 0.0691. The summed E-state index contributed by atoms with van der Waals surface area (Å²) in [6.07, 6.45) is 1.83. The topological polar surface area (TPSA) is 149 Å². The molecule has 20 heavy (non-hydrogen) atoms. The van der Waals surface area contributed by atoms with Gasteiger partial charge in [-0.3, -0.25) is 0 Å². The van der Waals surface area contributed by atoms with Crippen molar-refractivity contribution in [3.8, 4) is 0 Å². The number of hydrogen-bond acceptors (Lipinski definition) is 5. The van der Waals surface area contributed by atoms with Crippen molar-refractivity contribution in [2.24, 2.45) is 5.73 Å². The second kappa shape index (κ2) is 7.61. The monoisotopic (exact) mass is 285 g/mol. The van der Waals surface area contributed by atoms with Crippen LogP contribution in [-0.4, -0.2) is 52.4 Å². The maximum Gasteiger partial charge on any atom is 0.404 e. The van der Waals surface area contributed by atoms with E-state index in [4.69, 9.17) is 10.8 Å². The lowest BCUT2D eigenvalue weighted by atomic mass is 10.5. The summed E-state index contributed by atoms with van der Waals surface area (Å²) in [4.78, 5) is 35.8. The number of carboxylic acids is 1. The molecule has 0 aliphatic rings. The molecule has 1 aromatic rings. The first-order valence-electron chi connectivity index (χ1n) is 5.68. The fourth-order valence-corrected chi connectivity index (χ4v) is 1.27. The van der Waals surface area contributed by atoms with Crippen LogP contribution in [0.3, 0.4) is 0 Å². The molecule has 0 unspecified atom stereocenters. The molecular weight excluding hydrogens is 270 g/mol. The van der Waals surface area contributed by atoms with Gasteiger partial charge in [-0.2, -0.15) is 0 Å². The molecule has 0 aliphatic heterocycles. The average Bonchev–Trinajstić information content (AvgIpc) is 2.83. The van der Waals surface area contributed by atoms with E-state index in [-0.39, 0.29) is 25.4 Å². The van der Waals surface area contributed by atoms with Crippen LogP contribution >= 0.6 is 0 Å². The fraction of sp³-hybridized carbons (Fsp3) is 0.400. The number of carbonyl (C=O) groups is 3. The Morgan fingerprint density at radius 2 is 2.05 bits per heavy atom. The summed E-state index contributed by atoms with van der Waals surface area (Å²) in [5.74, 6) is -1.11. The number of urea groups is 1. The van der Waals surface area contributed by atoms with Gasteiger partial charge in [0.05, 0.1) is 12.9 Å². The Morgan fingerprint density at radius 1 is 1.35 bits per heavy atom. The summed E-state index contributed by atoms with van der Waals surface area (Å²) < 4.78 is 5.96. The number of nitrogens with zero attached hydrogens (tertiary/aromatic N) is 2. The number of nitrogens with two attached hydrogens (primary N) is 1. The first-order chi connectivity index (χ1) is 9.49. The quantitative estimate of drug-likeness (QED) is 0.471. The van der Waals surface area contributed by atoms with Crippen LogP contribution in [0, 0.1) is 0 Å². The largest absolute Gasteiger partial charge is 0.476 e. The van der Waals surface area contributed by atoms with Gasteiger partial charge in [0.25, 0.3) is 0 Å². The first kappa shape index (κ1) is 15.3. The summed E-state index contributed by atoms with van der Waals surface area (Å²) in [7, 11) is 0. The van der Waals surface area contributed by atoms with Crippen LogP contribution < -0.4 is 16.4 Å². The molecule has 0 fully saturated rings. The van der Waals surface area contributed by atoms with Crippen molar-refractivity contribution in [3.05, 3.63) is 18.2 Å². The second-order valence-electron chi connectivity index (χ2n) is 3.65. The number of aromatic nitrogens is 2. The van der Waals surface area contributed by atoms with E-state index in [0.717, 1.165) is 0 Å². The van der Waals surface area contributed by atoms with Crippen molar-refractivity contribution >= 4 is 18.1 Å². The Bertz CT molecular complexity index is 486. The molecule has 3 amide bonds. The molecular formula is C10H15N5O5. The molecule has 110 valence electrons. The maximum absolute atomic E-state index is 11.3. The number of amides is 3. The van der Waals surface area contributed by atoms with E-state index >= 15 is 0 Å². The Morgan fingerprint density at radius 3 is 2.65 bits per heavy atom. The fourth-order valence-electron chi connectivity index (χ4n) is 1.27.